The number of methoxy groups -OCH3 is 2. The Hall–Kier alpha value is -3.32. The lowest BCUT2D eigenvalue weighted by atomic mass is 10.2. The molecule has 28 heavy (non-hydrogen) atoms. The summed E-state index contributed by atoms with van der Waals surface area (Å²) in [7, 11) is 3.07. The highest BCUT2D eigenvalue weighted by Gasteiger charge is 2.20. The summed E-state index contributed by atoms with van der Waals surface area (Å²) < 4.78 is 16.4. The number of hydrogen-bond donors (Lipinski definition) is 2. The van der Waals surface area contributed by atoms with E-state index in [4.69, 9.17) is 13.9 Å². The molecule has 146 valence electrons. The average Bonchev–Trinajstić information content (AvgIpc) is 3.16. The van der Waals surface area contributed by atoms with E-state index < -0.39 is 17.9 Å². The molecule has 0 unspecified atom stereocenters. The zero-order valence-electron chi connectivity index (χ0n) is 15.7. The predicted molar refractivity (Wildman–Crippen MR) is 104 cm³/mol. The van der Waals surface area contributed by atoms with Crippen molar-refractivity contribution in [1.82, 2.24) is 10.6 Å². The maximum atomic E-state index is 12.1. The van der Waals surface area contributed by atoms with Gasteiger partial charge in [-0.25, -0.2) is 0 Å². The van der Waals surface area contributed by atoms with Crippen molar-refractivity contribution in [3.05, 3.63) is 65.9 Å². The molecule has 1 heterocycles. The summed E-state index contributed by atoms with van der Waals surface area (Å²) in [5, 5.41) is 6.10. The Morgan fingerprint density at radius 3 is 2.46 bits per heavy atom. The van der Waals surface area contributed by atoms with Gasteiger partial charge in [-0.05, 0) is 18.2 Å². The molecule has 0 aliphatic rings. The first-order chi connectivity index (χ1) is 13.6. The SMILES string of the molecule is COc1ccccc1CNC(=O)C(=O)NC[C@@H](OC)c1cc2ccccc2o1. The summed E-state index contributed by atoms with van der Waals surface area (Å²) in [5.74, 6) is -0.246. The summed E-state index contributed by atoms with van der Waals surface area (Å²) >= 11 is 0. The molecule has 7 heteroatoms. The minimum atomic E-state index is -0.743. The van der Waals surface area contributed by atoms with E-state index in [1.807, 2.05) is 48.5 Å². The van der Waals surface area contributed by atoms with Crippen LogP contribution in [0.1, 0.15) is 17.4 Å². The molecule has 2 amide bonds. The van der Waals surface area contributed by atoms with Crippen molar-refractivity contribution in [3.63, 3.8) is 0 Å². The van der Waals surface area contributed by atoms with E-state index in [2.05, 4.69) is 10.6 Å². The van der Waals surface area contributed by atoms with E-state index >= 15 is 0 Å². The summed E-state index contributed by atoms with van der Waals surface area (Å²) in [5.41, 5.74) is 1.52. The average molecular weight is 382 g/mol. The number of benzene rings is 2. The number of para-hydroxylation sites is 2. The molecule has 0 saturated carbocycles. The molecule has 3 aromatic rings. The molecule has 0 aliphatic heterocycles. The Kier molecular flexibility index (Phi) is 6.29. The highest BCUT2D eigenvalue weighted by Crippen LogP contribution is 2.25. The van der Waals surface area contributed by atoms with Crippen molar-refractivity contribution in [2.45, 2.75) is 12.6 Å². The van der Waals surface area contributed by atoms with Gasteiger partial charge >= 0.3 is 11.8 Å². The van der Waals surface area contributed by atoms with Gasteiger partial charge in [-0.15, -0.1) is 0 Å². The third kappa shape index (κ3) is 4.50. The molecule has 1 aromatic heterocycles. The normalized spacial score (nSPS) is 11.8. The van der Waals surface area contributed by atoms with Gasteiger partial charge < -0.3 is 24.5 Å². The van der Waals surface area contributed by atoms with Crippen molar-refractivity contribution in [2.24, 2.45) is 0 Å². The quantitative estimate of drug-likeness (QED) is 0.613. The zero-order valence-corrected chi connectivity index (χ0v) is 15.7. The first kappa shape index (κ1) is 19.4. The van der Waals surface area contributed by atoms with Crippen molar-refractivity contribution in [2.75, 3.05) is 20.8 Å². The second-order valence-corrected chi connectivity index (χ2v) is 6.12. The van der Waals surface area contributed by atoms with Crippen LogP contribution in [-0.2, 0) is 20.9 Å². The van der Waals surface area contributed by atoms with Gasteiger partial charge in [0.1, 0.15) is 23.2 Å². The fraction of sp³-hybridized carbons (Fsp3) is 0.238. The van der Waals surface area contributed by atoms with Crippen molar-refractivity contribution >= 4 is 22.8 Å². The first-order valence-electron chi connectivity index (χ1n) is 8.81. The van der Waals surface area contributed by atoms with Gasteiger partial charge in [0.15, 0.2) is 0 Å². The highest BCUT2D eigenvalue weighted by atomic mass is 16.5. The van der Waals surface area contributed by atoms with Gasteiger partial charge in [0.25, 0.3) is 0 Å². The van der Waals surface area contributed by atoms with E-state index in [0.29, 0.717) is 11.5 Å². The van der Waals surface area contributed by atoms with Gasteiger partial charge in [0, 0.05) is 24.6 Å². The van der Waals surface area contributed by atoms with Crippen LogP contribution in [0, 0.1) is 0 Å². The largest absolute Gasteiger partial charge is 0.496 e. The fourth-order valence-corrected chi connectivity index (χ4v) is 2.83. The molecule has 0 spiro atoms. The molecular formula is C21H22N2O5. The third-order valence-corrected chi connectivity index (χ3v) is 4.33. The minimum Gasteiger partial charge on any atom is -0.496 e. The monoisotopic (exact) mass is 382 g/mol. The molecule has 0 fully saturated rings. The van der Waals surface area contributed by atoms with Crippen molar-refractivity contribution in [1.29, 1.82) is 0 Å². The Balaban J connectivity index is 1.55. The standard InChI is InChI=1S/C21H22N2O5/c1-26-16-9-5-4-8-15(16)12-22-20(24)21(25)23-13-19(27-2)18-11-14-7-3-6-10-17(14)28-18/h3-11,19H,12-13H2,1-2H3,(H,22,24)(H,23,25)/t19-/m1/s1. The molecule has 7 nitrogen and oxygen atoms in total. The smallest absolute Gasteiger partial charge is 0.309 e. The second-order valence-electron chi connectivity index (χ2n) is 6.12. The number of fused-ring (bicyclic) bond motifs is 1. The Bertz CT molecular complexity index is 933. The van der Waals surface area contributed by atoms with Crippen LogP contribution in [0.15, 0.2) is 59.0 Å². The lowest BCUT2D eigenvalue weighted by Crippen LogP contribution is -2.41. The molecule has 1 atom stereocenters. The molecule has 2 N–H and O–H groups in total. The molecule has 0 bridgehead atoms. The Labute approximate surface area is 162 Å². The van der Waals surface area contributed by atoms with Gasteiger partial charge in [0.05, 0.1) is 13.7 Å². The zero-order chi connectivity index (χ0) is 19.9. The van der Waals surface area contributed by atoms with Gasteiger partial charge in [-0.1, -0.05) is 36.4 Å². The van der Waals surface area contributed by atoms with Crippen molar-refractivity contribution in [3.8, 4) is 5.75 Å². The number of rotatable bonds is 7. The number of furan rings is 1. The number of amides is 2. The first-order valence-corrected chi connectivity index (χ1v) is 8.81. The number of ether oxygens (including phenoxy) is 2. The van der Waals surface area contributed by atoms with E-state index in [-0.39, 0.29) is 13.1 Å². The summed E-state index contributed by atoms with van der Waals surface area (Å²) in [4.78, 5) is 24.2. The highest BCUT2D eigenvalue weighted by molar-refractivity contribution is 6.35. The van der Waals surface area contributed by atoms with Crippen molar-refractivity contribution < 1.29 is 23.5 Å². The number of hydrogen-bond acceptors (Lipinski definition) is 5. The molecule has 3 rings (SSSR count). The summed E-state index contributed by atoms with van der Waals surface area (Å²) in [6.07, 6.45) is -0.502. The lowest BCUT2D eigenvalue weighted by molar-refractivity contribution is -0.139. The molecule has 0 radical (unpaired) electrons. The van der Waals surface area contributed by atoms with Crippen LogP contribution in [0.3, 0.4) is 0 Å². The van der Waals surface area contributed by atoms with E-state index in [0.717, 1.165) is 16.5 Å². The summed E-state index contributed by atoms with van der Waals surface area (Å²) in [6, 6.07) is 16.7. The van der Waals surface area contributed by atoms with E-state index in [9.17, 15) is 9.59 Å². The van der Waals surface area contributed by atoms with Crippen LogP contribution in [0.5, 0.6) is 5.75 Å². The molecule has 0 aliphatic carbocycles. The Morgan fingerprint density at radius 1 is 1.00 bits per heavy atom. The van der Waals surface area contributed by atoms with Gasteiger partial charge in [-0.2, -0.15) is 0 Å². The second kappa shape index (κ2) is 9.05. The topological polar surface area (TPSA) is 89.8 Å². The van der Waals surface area contributed by atoms with Gasteiger partial charge in [0.2, 0.25) is 0 Å². The van der Waals surface area contributed by atoms with Crippen LogP contribution < -0.4 is 15.4 Å². The van der Waals surface area contributed by atoms with Crippen LogP contribution in [-0.4, -0.2) is 32.6 Å². The lowest BCUT2D eigenvalue weighted by Gasteiger charge is -2.14. The minimum absolute atomic E-state index is 0.108. The van der Waals surface area contributed by atoms with E-state index in [1.165, 1.54) is 7.11 Å². The molecule has 2 aromatic carbocycles. The predicted octanol–water partition coefficient (Wildman–Crippen LogP) is 2.56. The molecular weight excluding hydrogens is 360 g/mol. The summed E-state index contributed by atoms with van der Waals surface area (Å²) in [6.45, 7) is 0.296. The molecule has 0 saturated heterocycles. The van der Waals surface area contributed by atoms with Crippen LogP contribution in [0.25, 0.3) is 11.0 Å². The van der Waals surface area contributed by atoms with Crippen LogP contribution in [0.4, 0.5) is 0 Å². The van der Waals surface area contributed by atoms with E-state index in [1.54, 1.807) is 13.2 Å². The van der Waals surface area contributed by atoms with Gasteiger partial charge in [-0.3, -0.25) is 9.59 Å². The number of nitrogens with one attached hydrogen (secondary N) is 2. The Morgan fingerprint density at radius 2 is 1.71 bits per heavy atom. The maximum Gasteiger partial charge on any atom is 0.309 e. The third-order valence-electron chi connectivity index (χ3n) is 4.33. The number of carbonyl (C=O) groups excluding carboxylic acids is 2. The van der Waals surface area contributed by atoms with Crippen LogP contribution in [0.2, 0.25) is 0 Å². The maximum absolute atomic E-state index is 12.1. The fourth-order valence-electron chi connectivity index (χ4n) is 2.83. The van der Waals surface area contributed by atoms with Crippen LogP contribution >= 0.6 is 0 Å². The number of carbonyl (C=O) groups is 2.